The highest BCUT2D eigenvalue weighted by atomic mass is 35.5. The molecular weight excluding hydrogens is 285 g/mol. The average Bonchev–Trinajstić information content (AvgIpc) is 2.21. The largest absolute Gasteiger partial charge is 0.480 e. The Morgan fingerprint density at radius 1 is 1.00 bits per heavy atom. The van der Waals surface area contributed by atoms with E-state index in [0.717, 1.165) is 6.42 Å². The number of carbonyl (C=O) groups is 2. The molecular formula is C9H21Cl2N3O4. The van der Waals surface area contributed by atoms with E-state index in [2.05, 4.69) is 5.32 Å². The van der Waals surface area contributed by atoms with Gasteiger partial charge in [-0.25, -0.2) is 0 Å². The number of aliphatic carboxylic acids is 2. The molecule has 0 aromatic rings. The predicted molar refractivity (Wildman–Crippen MR) is 72.4 cm³/mol. The number of halogens is 2. The maximum absolute atomic E-state index is 10.4. The second kappa shape index (κ2) is 12.8. The monoisotopic (exact) mass is 305 g/mol. The van der Waals surface area contributed by atoms with Crippen molar-refractivity contribution in [3.63, 3.8) is 0 Å². The Balaban J connectivity index is -0.00000112. The number of unbranched alkanes of at least 4 members (excludes halogenated alkanes) is 1. The first-order chi connectivity index (χ1) is 7.45. The molecule has 9 heteroatoms. The molecule has 7 nitrogen and oxygen atoms in total. The minimum atomic E-state index is -1.04. The summed E-state index contributed by atoms with van der Waals surface area (Å²) in [6, 6.07) is -1.72. The van der Waals surface area contributed by atoms with Crippen molar-refractivity contribution in [3.8, 4) is 0 Å². The van der Waals surface area contributed by atoms with Crippen LogP contribution in [0.1, 0.15) is 19.3 Å². The number of nitrogens with two attached hydrogens (primary N) is 2. The molecule has 0 fully saturated rings. The SMILES string of the molecule is Cl.Cl.NC(CNCCCC[C@H](N)C(=O)O)C(=O)O. The van der Waals surface area contributed by atoms with Crippen molar-refractivity contribution in [1.82, 2.24) is 5.32 Å². The standard InChI is InChI=1S/C9H19N3O4.2ClH/c10-6(8(13)14)3-1-2-4-12-5-7(11)9(15)16;;/h6-7,12H,1-5,10-11H2,(H,13,14)(H,15,16);2*1H/t6-,7?;;/m0../s1. The molecule has 0 saturated heterocycles. The molecule has 2 atom stereocenters. The summed E-state index contributed by atoms with van der Waals surface area (Å²) in [5, 5.41) is 19.8. The second-order valence-electron chi connectivity index (χ2n) is 3.59. The van der Waals surface area contributed by atoms with E-state index in [0.29, 0.717) is 19.4 Å². The Hall–Kier alpha value is -0.600. The van der Waals surface area contributed by atoms with Gasteiger partial charge in [0.1, 0.15) is 12.1 Å². The van der Waals surface area contributed by atoms with Crippen molar-refractivity contribution >= 4 is 36.8 Å². The molecule has 0 heterocycles. The zero-order valence-corrected chi connectivity index (χ0v) is 11.5. The molecule has 0 rings (SSSR count). The van der Waals surface area contributed by atoms with Crippen LogP contribution < -0.4 is 16.8 Å². The second-order valence-corrected chi connectivity index (χ2v) is 3.59. The Kier molecular flexibility index (Phi) is 16.1. The minimum absolute atomic E-state index is 0. The van der Waals surface area contributed by atoms with E-state index in [1.165, 1.54) is 0 Å². The third-order valence-corrected chi connectivity index (χ3v) is 2.12. The van der Waals surface area contributed by atoms with Gasteiger partial charge in [0, 0.05) is 6.54 Å². The van der Waals surface area contributed by atoms with Crippen molar-refractivity contribution in [3.05, 3.63) is 0 Å². The highest BCUT2D eigenvalue weighted by molar-refractivity contribution is 5.85. The number of hydrogen-bond donors (Lipinski definition) is 5. The molecule has 7 N–H and O–H groups in total. The summed E-state index contributed by atoms with van der Waals surface area (Å²) in [4.78, 5) is 20.7. The van der Waals surface area contributed by atoms with Crippen LogP contribution in [-0.4, -0.2) is 47.3 Å². The van der Waals surface area contributed by atoms with E-state index >= 15 is 0 Å². The summed E-state index contributed by atoms with van der Waals surface area (Å²) < 4.78 is 0. The van der Waals surface area contributed by atoms with Crippen LogP contribution in [0.25, 0.3) is 0 Å². The summed E-state index contributed by atoms with van der Waals surface area (Å²) in [6.45, 7) is 0.813. The Labute approximate surface area is 118 Å². The highest BCUT2D eigenvalue weighted by Gasteiger charge is 2.11. The van der Waals surface area contributed by atoms with Gasteiger partial charge in [-0.05, 0) is 19.4 Å². The number of nitrogens with one attached hydrogen (secondary N) is 1. The van der Waals surface area contributed by atoms with E-state index in [-0.39, 0.29) is 31.4 Å². The molecule has 0 bridgehead atoms. The summed E-state index contributed by atoms with van der Waals surface area (Å²) in [5.74, 6) is -2.04. The van der Waals surface area contributed by atoms with Crippen molar-refractivity contribution < 1.29 is 19.8 Å². The first-order valence-corrected chi connectivity index (χ1v) is 5.12. The van der Waals surface area contributed by atoms with Gasteiger partial charge in [0.05, 0.1) is 0 Å². The van der Waals surface area contributed by atoms with Crippen LogP contribution in [0.15, 0.2) is 0 Å². The molecule has 1 unspecified atom stereocenters. The van der Waals surface area contributed by atoms with Crippen LogP contribution in [0.5, 0.6) is 0 Å². The number of hydrogen-bond acceptors (Lipinski definition) is 5. The van der Waals surface area contributed by atoms with E-state index in [9.17, 15) is 9.59 Å². The van der Waals surface area contributed by atoms with Gasteiger partial charge in [0.2, 0.25) is 0 Å². The molecule has 0 radical (unpaired) electrons. The van der Waals surface area contributed by atoms with Crippen molar-refractivity contribution in [2.45, 2.75) is 31.3 Å². The van der Waals surface area contributed by atoms with Gasteiger partial charge in [-0.2, -0.15) is 0 Å². The van der Waals surface area contributed by atoms with Crippen LogP contribution >= 0.6 is 24.8 Å². The number of rotatable bonds is 9. The van der Waals surface area contributed by atoms with Gasteiger partial charge in [0.25, 0.3) is 0 Å². The molecule has 0 aliphatic heterocycles. The smallest absolute Gasteiger partial charge is 0.321 e. The lowest BCUT2D eigenvalue weighted by Crippen LogP contribution is -2.40. The van der Waals surface area contributed by atoms with Crippen molar-refractivity contribution in [2.24, 2.45) is 11.5 Å². The maximum atomic E-state index is 10.4. The van der Waals surface area contributed by atoms with Crippen LogP contribution in [0.2, 0.25) is 0 Å². The molecule has 18 heavy (non-hydrogen) atoms. The first-order valence-electron chi connectivity index (χ1n) is 5.12. The van der Waals surface area contributed by atoms with Crippen LogP contribution in [0.3, 0.4) is 0 Å². The van der Waals surface area contributed by atoms with Gasteiger partial charge < -0.3 is 27.0 Å². The number of carboxylic acid groups (broad SMARTS) is 2. The van der Waals surface area contributed by atoms with Gasteiger partial charge in [-0.1, -0.05) is 6.42 Å². The van der Waals surface area contributed by atoms with Crippen LogP contribution in [-0.2, 0) is 9.59 Å². The lowest BCUT2D eigenvalue weighted by molar-refractivity contribution is -0.139. The van der Waals surface area contributed by atoms with E-state index in [1.54, 1.807) is 0 Å². The van der Waals surface area contributed by atoms with Crippen molar-refractivity contribution in [1.29, 1.82) is 0 Å². The van der Waals surface area contributed by atoms with Gasteiger partial charge in [0.15, 0.2) is 0 Å². The lowest BCUT2D eigenvalue weighted by Gasteiger charge is -2.09. The molecule has 0 aliphatic rings. The Morgan fingerprint density at radius 2 is 1.50 bits per heavy atom. The molecule has 0 spiro atoms. The summed E-state index contributed by atoms with van der Waals surface area (Å²) in [7, 11) is 0. The fourth-order valence-electron chi connectivity index (χ4n) is 1.08. The molecule has 0 saturated carbocycles. The van der Waals surface area contributed by atoms with Gasteiger partial charge in [-0.3, -0.25) is 9.59 Å². The van der Waals surface area contributed by atoms with Gasteiger partial charge >= 0.3 is 11.9 Å². The third-order valence-electron chi connectivity index (χ3n) is 2.12. The summed E-state index contributed by atoms with van der Waals surface area (Å²) >= 11 is 0. The summed E-state index contributed by atoms with van der Waals surface area (Å²) in [5.41, 5.74) is 10.6. The van der Waals surface area contributed by atoms with Crippen LogP contribution in [0.4, 0.5) is 0 Å². The van der Waals surface area contributed by atoms with Crippen LogP contribution in [0, 0.1) is 0 Å². The van der Waals surface area contributed by atoms with E-state index in [1.807, 2.05) is 0 Å². The topological polar surface area (TPSA) is 139 Å². The molecule has 0 amide bonds. The minimum Gasteiger partial charge on any atom is -0.480 e. The Bertz CT molecular complexity index is 220. The molecule has 0 aromatic heterocycles. The fraction of sp³-hybridized carbons (Fsp3) is 0.778. The average molecular weight is 306 g/mol. The zero-order chi connectivity index (χ0) is 12.6. The normalized spacial score (nSPS) is 12.8. The highest BCUT2D eigenvalue weighted by Crippen LogP contribution is 1.98. The van der Waals surface area contributed by atoms with Gasteiger partial charge in [-0.15, -0.1) is 24.8 Å². The molecule has 0 aromatic carbocycles. The first kappa shape index (κ1) is 22.6. The predicted octanol–water partition coefficient (Wildman–Crippen LogP) is -0.586. The third kappa shape index (κ3) is 11.9. The molecule has 110 valence electrons. The maximum Gasteiger partial charge on any atom is 0.321 e. The fourth-order valence-corrected chi connectivity index (χ4v) is 1.08. The van der Waals surface area contributed by atoms with E-state index in [4.69, 9.17) is 21.7 Å². The summed E-state index contributed by atoms with van der Waals surface area (Å²) in [6.07, 6.45) is 1.85. The zero-order valence-electron chi connectivity index (χ0n) is 9.87. The quantitative estimate of drug-likeness (QED) is 0.359. The Morgan fingerprint density at radius 3 is 1.94 bits per heavy atom. The lowest BCUT2D eigenvalue weighted by atomic mass is 10.1. The molecule has 0 aliphatic carbocycles. The number of carboxylic acids is 2. The van der Waals surface area contributed by atoms with E-state index < -0.39 is 24.0 Å². The van der Waals surface area contributed by atoms with Crippen molar-refractivity contribution in [2.75, 3.05) is 13.1 Å².